The molecule has 0 unspecified atom stereocenters. The number of aryl methyl sites for hydroxylation is 1. The molecule has 0 spiro atoms. The fourth-order valence-corrected chi connectivity index (χ4v) is 5.40. The third-order valence-corrected chi connectivity index (χ3v) is 7.68. The molecule has 0 aliphatic heterocycles. The third-order valence-electron chi connectivity index (χ3n) is 6.67. The second kappa shape index (κ2) is 13.9. The molecule has 1 fully saturated rings. The first-order chi connectivity index (χ1) is 17.4. The van der Waals surface area contributed by atoms with E-state index >= 15 is 0 Å². The van der Waals surface area contributed by atoms with Crippen LogP contribution in [0.1, 0.15) is 48.1 Å². The van der Waals surface area contributed by atoms with Gasteiger partial charge in [-0.25, -0.2) is 4.79 Å². The smallest absolute Gasteiger partial charge is 0.318 e. The predicted molar refractivity (Wildman–Crippen MR) is 145 cm³/mol. The molecule has 1 N–H and O–H groups in total. The normalized spacial score (nSPS) is 13.6. The third kappa shape index (κ3) is 7.75. The van der Waals surface area contributed by atoms with Crippen molar-refractivity contribution >= 4 is 23.3 Å². The minimum absolute atomic E-state index is 0.0148. The van der Waals surface area contributed by atoms with Gasteiger partial charge in [0.25, 0.3) is 0 Å². The summed E-state index contributed by atoms with van der Waals surface area (Å²) in [4.78, 5) is 31.1. The van der Waals surface area contributed by atoms with Crippen LogP contribution in [0.2, 0.25) is 0 Å². The number of hydrogen-bond acceptors (Lipinski definition) is 5. The van der Waals surface area contributed by atoms with Gasteiger partial charge >= 0.3 is 6.03 Å². The maximum Gasteiger partial charge on any atom is 0.318 e. The van der Waals surface area contributed by atoms with Gasteiger partial charge in [0.2, 0.25) is 5.91 Å². The highest BCUT2D eigenvalue weighted by molar-refractivity contribution is 7.10. The van der Waals surface area contributed by atoms with Crippen LogP contribution < -0.4 is 14.8 Å². The highest BCUT2D eigenvalue weighted by Gasteiger charge is 2.24. The fraction of sp³-hybridized carbons (Fsp3) is 0.500. The molecule has 0 atom stereocenters. The van der Waals surface area contributed by atoms with Crippen molar-refractivity contribution < 1.29 is 19.1 Å². The molecule has 1 aromatic heterocycles. The zero-order chi connectivity index (χ0) is 25.9. The molecule has 196 valence electrons. The molecule has 0 radical (unpaired) electrons. The Kier molecular flexibility index (Phi) is 10.7. The predicted octanol–water partition coefficient (Wildman–Crippen LogP) is 5.18. The summed E-state index contributed by atoms with van der Waals surface area (Å²) in [5.74, 6) is 1.26. The average Bonchev–Trinajstić information content (AvgIpc) is 3.30. The number of rotatable bonds is 12. The van der Waals surface area contributed by atoms with E-state index < -0.39 is 0 Å². The second-order valence-electron chi connectivity index (χ2n) is 9.24. The number of thiophene rings is 1. The van der Waals surface area contributed by atoms with E-state index in [2.05, 4.69) is 24.9 Å². The van der Waals surface area contributed by atoms with Crippen LogP contribution in [0.3, 0.4) is 0 Å². The van der Waals surface area contributed by atoms with Crippen LogP contribution in [-0.2, 0) is 17.8 Å². The number of urea groups is 1. The van der Waals surface area contributed by atoms with Gasteiger partial charge in [0.15, 0.2) is 11.5 Å². The van der Waals surface area contributed by atoms with E-state index in [1.807, 2.05) is 28.5 Å². The lowest BCUT2D eigenvalue weighted by Crippen LogP contribution is -2.49. The topological polar surface area (TPSA) is 71.1 Å². The summed E-state index contributed by atoms with van der Waals surface area (Å²) in [6, 6.07) is 7.87. The van der Waals surface area contributed by atoms with Crippen LogP contribution in [0.25, 0.3) is 0 Å². The molecule has 1 aliphatic carbocycles. The molecule has 8 heteroatoms. The number of nitrogens with one attached hydrogen (secondary N) is 1. The van der Waals surface area contributed by atoms with Gasteiger partial charge < -0.3 is 24.6 Å². The number of hydrogen-bond donors (Lipinski definition) is 1. The molecule has 0 bridgehead atoms. The van der Waals surface area contributed by atoms with Crippen molar-refractivity contribution in [3.63, 3.8) is 0 Å². The molecule has 1 aromatic carbocycles. The van der Waals surface area contributed by atoms with Gasteiger partial charge in [0.1, 0.15) is 6.54 Å². The lowest BCUT2D eigenvalue weighted by Gasteiger charge is -2.30. The van der Waals surface area contributed by atoms with Crippen LogP contribution in [0.15, 0.2) is 42.3 Å². The van der Waals surface area contributed by atoms with Gasteiger partial charge in [-0.15, -0.1) is 17.9 Å². The number of benzene rings is 1. The van der Waals surface area contributed by atoms with E-state index in [9.17, 15) is 9.59 Å². The Morgan fingerprint density at radius 2 is 1.86 bits per heavy atom. The van der Waals surface area contributed by atoms with Gasteiger partial charge in [-0.2, -0.15) is 0 Å². The molecule has 3 amide bonds. The van der Waals surface area contributed by atoms with E-state index in [0.29, 0.717) is 37.6 Å². The van der Waals surface area contributed by atoms with Crippen LogP contribution in [0.5, 0.6) is 11.5 Å². The Hall–Kier alpha value is -3.00. The van der Waals surface area contributed by atoms with Crippen molar-refractivity contribution in [1.29, 1.82) is 0 Å². The van der Waals surface area contributed by atoms with E-state index in [-0.39, 0.29) is 24.5 Å². The summed E-state index contributed by atoms with van der Waals surface area (Å²) >= 11 is 1.65. The van der Waals surface area contributed by atoms with E-state index in [1.54, 1.807) is 36.5 Å². The highest BCUT2D eigenvalue weighted by Crippen LogP contribution is 2.28. The van der Waals surface area contributed by atoms with Gasteiger partial charge in [0, 0.05) is 24.0 Å². The molecule has 7 nitrogen and oxygen atoms in total. The quantitative estimate of drug-likeness (QED) is 0.397. The second-order valence-corrected chi connectivity index (χ2v) is 10.2. The van der Waals surface area contributed by atoms with Crippen LogP contribution in [0.4, 0.5) is 4.79 Å². The molecule has 1 saturated carbocycles. The van der Waals surface area contributed by atoms with Crippen LogP contribution in [0, 0.1) is 6.92 Å². The van der Waals surface area contributed by atoms with Crippen molar-refractivity contribution in [2.75, 3.05) is 33.9 Å². The first kappa shape index (κ1) is 27.6. The minimum Gasteiger partial charge on any atom is -0.493 e. The van der Waals surface area contributed by atoms with Crippen molar-refractivity contribution in [2.45, 2.75) is 58.0 Å². The van der Waals surface area contributed by atoms with Gasteiger partial charge in [-0.1, -0.05) is 31.4 Å². The molecule has 1 aliphatic rings. The maximum absolute atomic E-state index is 13.5. The fourth-order valence-electron chi connectivity index (χ4n) is 4.48. The molecule has 3 rings (SSSR count). The Morgan fingerprint density at radius 3 is 2.50 bits per heavy atom. The summed E-state index contributed by atoms with van der Waals surface area (Å²) in [7, 11) is 3.23. The summed E-state index contributed by atoms with van der Waals surface area (Å²) in [5, 5.41) is 5.17. The summed E-state index contributed by atoms with van der Waals surface area (Å²) in [6.45, 7) is 7.23. The summed E-state index contributed by atoms with van der Waals surface area (Å²) < 4.78 is 10.8. The van der Waals surface area contributed by atoms with Crippen molar-refractivity contribution in [2.24, 2.45) is 0 Å². The van der Waals surface area contributed by atoms with Gasteiger partial charge in [-0.05, 0) is 60.9 Å². The first-order valence-electron chi connectivity index (χ1n) is 12.6. The first-order valence-corrected chi connectivity index (χ1v) is 13.5. The Balaban J connectivity index is 1.71. The van der Waals surface area contributed by atoms with E-state index in [4.69, 9.17) is 9.47 Å². The zero-order valence-electron chi connectivity index (χ0n) is 21.8. The number of amides is 3. The van der Waals surface area contributed by atoms with Crippen molar-refractivity contribution in [3.05, 3.63) is 58.3 Å². The molecule has 0 saturated heterocycles. The SMILES string of the molecule is C=CCN(CC(=O)N(CCc1ccc(OC)c(OC)c1)Cc1sccc1C)C(=O)NC1CCCCC1. The molecule has 36 heavy (non-hydrogen) atoms. The highest BCUT2D eigenvalue weighted by atomic mass is 32.1. The minimum atomic E-state index is -0.192. The van der Waals surface area contributed by atoms with Crippen molar-refractivity contribution in [1.82, 2.24) is 15.1 Å². The number of methoxy groups -OCH3 is 2. The summed E-state index contributed by atoms with van der Waals surface area (Å²) in [6.07, 6.45) is 7.81. The number of carbonyl (C=O) groups is 2. The van der Waals surface area contributed by atoms with E-state index in [0.717, 1.165) is 36.1 Å². The molecule has 1 heterocycles. The van der Waals surface area contributed by atoms with Crippen molar-refractivity contribution in [3.8, 4) is 11.5 Å². The molecular formula is C28H39N3O4S. The summed E-state index contributed by atoms with van der Waals surface area (Å²) in [5.41, 5.74) is 2.22. The van der Waals surface area contributed by atoms with E-state index in [1.165, 1.54) is 12.0 Å². The standard InChI is InChI=1S/C28H39N3O4S/c1-5-15-31(28(33)29-23-9-7-6-8-10-23)20-27(32)30(19-26-21(2)14-17-36-26)16-13-22-11-12-24(34-3)25(18-22)35-4/h5,11-12,14,17-18,23H,1,6-10,13,15-16,19-20H2,2-4H3,(H,29,33). The molecule has 2 aromatic rings. The van der Waals surface area contributed by atoms with Gasteiger partial charge in [0.05, 0.1) is 20.8 Å². The largest absolute Gasteiger partial charge is 0.493 e. The van der Waals surface area contributed by atoms with Crippen LogP contribution >= 0.6 is 11.3 Å². The number of ether oxygens (including phenoxy) is 2. The monoisotopic (exact) mass is 513 g/mol. The lowest BCUT2D eigenvalue weighted by molar-refractivity contribution is -0.132. The Bertz CT molecular complexity index is 1020. The zero-order valence-corrected chi connectivity index (χ0v) is 22.6. The molecular weight excluding hydrogens is 474 g/mol. The average molecular weight is 514 g/mol. The Morgan fingerprint density at radius 1 is 1.11 bits per heavy atom. The Labute approximate surface area is 219 Å². The number of carbonyl (C=O) groups excluding carboxylic acids is 2. The van der Waals surface area contributed by atoms with Crippen LogP contribution in [-0.4, -0.2) is 61.6 Å². The maximum atomic E-state index is 13.5. The lowest BCUT2D eigenvalue weighted by atomic mass is 9.96. The number of nitrogens with zero attached hydrogens (tertiary/aromatic N) is 2. The van der Waals surface area contributed by atoms with Gasteiger partial charge in [-0.3, -0.25) is 4.79 Å².